The Labute approximate surface area is 136 Å². The normalized spacial score (nSPS) is 17.2. The van der Waals surface area contributed by atoms with E-state index in [4.69, 9.17) is 10.5 Å². The van der Waals surface area contributed by atoms with Gasteiger partial charge in [-0.05, 0) is 36.2 Å². The summed E-state index contributed by atoms with van der Waals surface area (Å²) in [6.45, 7) is 3.31. The Morgan fingerprint density at radius 3 is 2.70 bits per heavy atom. The van der Waals surface area contributed by atoms with Crippen molar-refractivity contribution in [2.45, 2.75) is 25.8 Å². The fourth-order valence-corrected chi connectivity index (χ4v) is 2.66. The molecule has 1 aromatic heterocycles. The number of hydrazone groups is 1. The van der Waals surface area contributed by atoms with Gasteiger partial charge in [-0.3, -0.25) is 0 Å². The van der Waals surface area contributed by atoms with Crippen LogP contribution >= 0.6 is 0 Å². The van der Waals surface area contributed by atoms with E-state index in [0.29, 0.717) is 6.54 Å². The van der Waals surface area contributed by atoms with Crippen LogP contribution in [0.2, 0.25) is 0 Å². The van der Waals surface area contributed by atoms with Crippen LogP contribution in [0, 0.1) is 0 Å². The predicted molar refractivity (Wildman–Crippen MR) is 92.8 cm³/mol. The molecule has 5 heteroatoms. The van der Waals surface area contributed by atoms with E-state index in [1.807, 2.05) is 35.3 Å². The topological polar surface area (TPSA) is 63.7 Å². The molecule has 1 aliphatic heterocycles. The maximum atomic E-state index is 5.80. The van der Waals surface area contributed by atoms with E-state index in [1.165, 1.54) is 5.56 Å². The van der Waals surface area contributed by atoms with Crippen molar-refractivity contribution in [2.24, 2.45) is 10.8 Å². The summed E-state index contributed by atoms with van der Waals surface area (Å²) < 4.78 is 5.65. The molecule has 0 bridgehead atoms. The number of anilines is 1. The number of ether oxygens (including phenoxy) is 1. The minimum absolute atomic E-state index is 0.128. The molecule has 2 N–H and O–H groups in total. The molecule has 1 aromatic carbocycles. The third-order valence-corrected chi connectivity index (χ3v) is 3.83. The fraction of sp³-hybridized carbons (Fsp3) is 0.333. The van der Waals surface area contributed by atoms with Crippen molar-refractivity contribution < 1.29 is 4.74 Å². The molecule has 23 heavy (non-hydrogen) atoms. The summed E-state index contributed by atoms with van der Waals surface area (Å²) >= 11 is 0. The zero-order valence-electron chi connectivity index (χ0n) is 13.4. The molecule has 0 aliphatic carbocycles. The van der Waals surface area contributed by atoms with Crippen LogP contribution in [0.3, 0.4) is 0 Å². The van der Waals surface area contributed by atoms with Gasteiger partial charge in [-0.25, -0.2) is 9.99 Å². The van der Waals surface area contributed by atoms with Crippen LogP contribution in [-0.4, -0.2) is 23.8 Å². The first-order chi connectivity index (χ1) is 11.3. The zero-order valence-corrected chi connectivity index (χ0v) is 13.4. The number of hydrogen-bond donors (Lipinski definition) is 1. The lowest BCUT2D eigenvalue weighted by atomic mass is 10.0. The molecule has 2 aromatic rings. The molecular formula is C18H22N4O. The van der Waals surface area contributed by atoms with Crippen LogP contribution in [0.1, 0.15) is 31.4 Å². The number of benzene rings is 1. The molecule has 0 spiro atoms. The van der Waals surface area contributed by atoms with E-state index >= 15 is 0 Å². The van der Waals surface area contributed by atoms with Crippen LogP contribution in [0.5, 0.6) is 5.75 Å². The summed E-state index contributed by atoms with van der Waals surface area (Å²) in [5, 5.41) is 6.60. The average molecular weight is 310 g/mol. The molecule has 1 atom stereocenters. The average Bonchev–Trinajstić information content (AvgIpc) is 3.05. The van der Waals surface area contributed by atoms with Crippen LogP contribution in [0.4, 0.5) is 5.82 Å². The maximum Gasteiger partial charge on any atom is 0.149 e. The number of rotatable bonds is 6. The lowest BCUT2D eigenvalue weighted by molar-refractivity contribution is 0.317. The van der Waals surface area contributed by atoms with Crippen molar-refractivity contribution in [1.82, 2.24) is 4.98 Å². The number of pyridine rings is 1. The molecule has 0 saturated heterocycles. The lowest BCUT2D eigenvalue weighted by Gasteiger charge is -2.23. The molecule has 0 radical (unpaired) electrons. The first-order valence-electron chi connectivity index (χ1n) is 8.01. The molecule has 5 nitrogen and oxygen atoms in total. The molecule has 0 amide bonds. The van der Waals surface area contributed by atoms with Gasteiger partial charge in [0.25, 0.3) is 0 Å². The first kappa shape index (κ1) is 15.5. The van der Waals surface area contributed by atoms with Gasteiger partial charge in [-0.15, -0.1) is 0 Å². The maximum absolute atomic E-state index is 5.80. The van der Waals surface area contributed by atoms with Gasteiger partial charge >= 0.3 is 0 Å². The van der Waals surface area contributed by atoms with Crippen molar-refractivity contribution in [3.05, 3.63) is 54.2 Å². The minimum atomic E-state index is 0.128. The number of nitrogens with zero attached hydrogens (tertiary/aromatic N) is 3. The highest BCUT2D eigenvalue weighted by atomic mass is 16.5. The monoisotopic (exact) mass is 310 g/mol. The highest BCUT2D eigenvalue weighted by molar-refractivity contribution is 5.90. The van der Waals surface area contributed by atoms with Gasteiger partial charge in [0.2, 0.25) is 0 Å². The zero-order chi connectivity index (χ0) is 16.1. The summed E-state index contributed by atoms with van der Waals surface area (Å²) in [7, 11) is 0. The second-order valence-corrected chi connectivity index (χ2v) is 5.54. The molecule has 3 rings (SSSR count). The summed E-state index contributed by atoms with van der Waals surface area (Å²) in [6, 6.07) is 14.2. The number of nitrogens with two attached hydrogens (primary N) is 1. The highest BCUT2D eigenvalue weighted by Gasteiger charge is 2.29. The van der Waals surface area contributed by atoms with Crippen molar-refractivity contribution in [3.63, 3.8) is 0 Å². The first-order valence-corrected chi connectivity index (χ1v) is 8.01. The Balaban J connectivity index is 1.83. The Hall–Kier alpha value is -2.40. The molecular weight excluding hydrogens is 288 g/mol. The van der Waals surface area contributed by atoms with E-state index in [0.717, 1.165) is 36.7 Å². The Morgan fingerprint density at radius 1 is 1.22 bits per heavy atom. The van der Waals surface area contributed by atoms with Gasteiger partial charge < -0.3 is 10.5 Å². The molecule has 0 fully saturated rings. The van der Waals surface area contributed by atoms with Crippen molar-refractivity contribution in [2.75, 3.05) is 18.2 Å². The van der Waals surface area contributed by atoms with Gasteiger partial charge in [-0.1, -0.05) is 25.1 Å². The van der Waals surface area contributed by atoms with E-state index in [-0.39, 0.29) is 6.04 Å². The Morgan fingerprint density at radius 2 is 2.04 bits per heavy atom. The molecule has 2 heterocycles. The Bertz CT molecular complexity index is 654. The lowest BCUT2D eigenvalue weighted by Crippen LogP contribution is -2.19. The van der Waals surface area contributed by atoms with Gasteiger partial charge in [0, 0.05) is 19.2 Å². The van der Waals surface area contributed by atoms with Crippen LogP contribution in [0.25, 0.3) is 0 Å². The number of aromatic nitrogens is 1. The quantitative estimate of drug-likeness (QED) is 0.890. The van der Waals surface area contributed by atoms with E-state index in [1.54, 1.807) is 6.20 Å². The second kappa shape index (κ2) is 7.24. The molecule has 1 aliphatic rings. The van der Waals surface area contributed by atoms with Crippen molar-refractivity contribution >= 4 is 11.5 Å². The van der Waals surface area contributed by atoms with Crippen LogP contribution < -0.4 is 15.5 Å². The van der Waals surface area contributed by atoms with Gasteiger partial charge in [0.15, 0.2) is 0 Å². The standard InChI is InChI=1S/C18H22N4O/c1-2-11-23-16-8-6-14(7-9-16)17-12-15(13-19)21-22(17)18-5-3-4-10-20-18/h3-10,17H,2,11-13,19H2,1H3. The summed E-state index contributed by atoms with van der Waals surface area (Å²) in [6.07, 6.45) is 3.61. The molecule has 0 saturated carbocycles. The summed E-state index contributed by atoms with van der Waals surface area (Å²) in [5.74, 6) is 1.74. The van der Waals surface area contributed by atoms with Crippen LogP contribution in [-0.2, 0) is 0 Å². The van der Waals surface area contributed by atoms with E-state index in [2.05, 4.69) is 29.1 Å². The highest BCUT2D eigenvalue weighted by Crippen LogP contribution is 2.34. The number of hydrogen-bond acceptors (Lipinski definition) is 5. The van der Waals surface area contributed by atoms with Gasteiger partial charge in [0.05, 0.1) is 18.4 Å². The van der Waals surface area contributed by atoms with Gasteiger partial charge in [0.1, 0.15) is 11.6 Å². The second-order valence-electron chi connectivity index (χ2n) is 5.54. The largest absolute Gasteiger partial charge is 0.494 e. The molecule has 120 valence electrons. The summed E-state index contributed by atoms with van der Waals surface area (Å²) in [4.78, 5) is 4.42. The SMILES string of the molecule is CCCOc1ccc(C2CC(CN)=NN2c2ccccn2)cc1. The van der Waals surface area contributed by atoms with Crippen molar-refractivity contribution in [1.29, 1.82) is 0 Å². The Kier molecular flexibility index (Phi) is 4.88. The predicted octanol–water partition coefficient (Wildman–Crippen LogP) is 3.14. The van der Waals surface area contributed by atoms with E-state index in [9.17, 15) is 0 Å². The van der Waals surface area contributed by atoms with Crippen molar-refractivity contribution in [3.8, 4) is 5.75 Å². The summed E-state index contributed by atoms with van der Waals surface area (Å²) in [5.41, 5.74) is 7.97. The molecule has 1 unspecified atom stereocenters. The smallest absolute Gasteiger partial charge is 0.149 e. The van der Waals surface area contributed by atoms with Gasteiger partial charge in [-0.2, -0.15) is 5.10 Å². The third-order valence-electron chi connectivity index (χ3n) is 3.83. The third kappa shape index (κ3) is 3.51. The fourth-order valence-electron chi connectivity index (χ4n) is 2.66. The van der Waals surface area contributed by atoms with E-state index < -0.39 is 0 Å². The minimum Gasteiger partial charge on any atom is -0.494 e. The van der Waals surface area contributed by atoms with Crippen LogP contribution in [0.15, 0.2) is 53.8 Å².